The molecule has 1 amide bonds. The number of primary amides is 1. The summed E-state index contributed by atoms with van der Waals surface area (Å²) in [6.45, 7) is 1.57. The molecule has 0 spiro atoms. The molecule has 1 atom stereocenters. The SMILES string of the molecule is Cl.NC(=O)COc1ccc(OCCNCC(O)COc2ccsc2)cc1. The minimum Gasteiger partial charge on any atom is -0.492 e. The molecule has 26 heavy (non-hydrogen) atoms. The van der Waals surface area contributed by atoms with E-state index in [1.54, 1.807) is 35.6 Å². The Bertz CT molecular complexity index is 625. The van der Waals surface area contributed by atoms with E-state index in [1.807, 2.05) is 16.8 Å². The molecule has 1 aromatic carbocycles. The molecule has 0 aliphatic heterocycles. The highest BCUT2D eigenvalue weighted by molar-refractivity contribution is 7.08. The molecular formula is C17H23ClN2O5S. The van der Waals surface area contributed by atoms with Crippen LogP contribution in [0, 0.1) is 0 Å². The number of nitrogens with one attached hydrogen (secondary N) is 1. The summed E-state index contributed by atoms with van der Waals surface area (Å²) in [6.07, 6.45) is -0.582. The molecule has 2 aromatic rings. The first-order valence-electron chi connectivity index (χ1n) is 7.81. The topological polar surface area (TPSA) is 103 Å². The van der Waals surface area contributed by atoms with Gasteiger partial charge in [0.1, 0.15) is 36.6 Å². The number of hydrogen-bond acceptors (Lipinski definition) is 7. The van der Waals surface area contributed by atoms with Gasteiger partial charge in [0.25, 0.3) is 5.91 Å². The van der Waals surface area contributed by atoms with E-state index >= 15 is 0 Å². The number of amides is 1. The fourth-order valence-corrected chi connectivity index (χ4v) is 2.45. The molecule has 0 bridgehead atoms. The minimum absolute atomic E-state index is 0. The molecule has 9 heteroatoms. The number of rotatable bonds is 12. The Morgan fingerprint density at radius 1 is 1.12 bits per heavy atom. The van der Waals surface area contributed by atoms with Gasteiger partial charge in [-0.3, -0.25) is 4.79 Å². The second-order valence-corrected chi connectivity index (χ2v) is 5.98. The third kappa shape index (κ3) is 8.91. The summed E-state index contributed by atoms with van der Waals surface area (Å²) >= 11 is 1.55. The number of aliphatic hydroxyl groups is 1. The second kappa shape index (κ2) is 12.4. The molecule has 144 valence electrons. The Morgan fingerprint density at radius 3 is 2.42 bits per heavy atom. The molecule has 0 fully saturated rings. The van der Waals surface area contributed by atoms with Crippen LogP contribution >= 0.6 is 23.7 Å². The summed E-state index contributed by atoms with van der Waals surface area (Å²) in [7, 11) is 0. The third-order valence-corrected chi connectivity index (χ3v) is 3.73. The minimum atomic E-state index is -0.582. The Hall–Kier alpha value is -2.00. The van der Waals surface area contributed by atoms with Gasteiger partial charge in [-0.25, -0.2) is 0 Å². The van der Waals surface area contributed by atoms with Gasteiger partial charge in [0.15, 0.2) is 6.61 Å². The lowest BCUT2D eigenvalue weighted by atomic mass is 10.3. The first kappa shape index (κ1) is 22.0. The van der Waals surface area contributed by atoms with Crippen molar-refractivity contribution in [2.24, 2.45) is 5.73 Å². The van der Waals surface area contributed by atoms with E-state index < -0.39 is 12.0 Å². The van der Waals surface area contributed by atoms with Gasteiger partial charge in [-0.15, -0.1) is 23.7 Å². The first-order chi connectivity index (χ1) is 12.1. The van der Waals surface area contributed by atoms with Crippen molar-refractivity contribution in [2.75, 3.05) is 32.9 Å². The Kier molecular flexibility index (Phi) is 10.5. The summed E-state index contributed by atoms with van der Waals surface area (Å²) < 4.78 is 16.2. The van der Waals surface area contributed by atoms with E-state index in [1.165, 1.54) is 0 Å². The zero-order chi connectivity index (χ0) is 17.9. The van der Waals surface area contributed by atoms with Crippen LogP contribution in [0.3, 0.4) is 0 Å². The number of nitrogens with two attached hydrogens (primary N) is 1. The lowest BCUT2D eigenvalue weighted by molar-refractivity contribution is -0.119. The van der Waals surface area contributed by atoms with Crippen molar-refractivity contribution in [3.05, 3.63) is 41.1 Å². The lowest BCUT2D eigenvalue weighted by Crippen LogP contribution is -2.33. The number of ether oxygens (including phenoxy) is 3. The maximum absolute atomic E-state index is 10.6. The van der Waals surface area contributed by atoms with E-state index in [-0.39, 0.29) is 25.6 Å². The van der Waals surface area contributed by atoms with E-state index in [4.69, 9.17) is 19.9 Å². The van der Waals surface area contributed by atoms with E-state index in [2.05, 4.69) is 5.32 Å². The van der Waals surface area contributed by atoms with Crippen molar-refractivity contribution in [1.82, 2.24) is 5.32 Å². The molecule has 0 saturated carbocycles. The molecule has 1 unspecified atom stereocenters. The lowest BCUT2D eigenvalue weighted by Gasteiger charge is -2.13. The highest BCUT2D eigenvalue weighted by Crippen LogP contribution is 2.17. The molecule has 7 nitrogen and oxygen atoms in total. The smallest absolute Gasteiger partial charge is 0.255 e. The van der Waals surface area contributed by atoms with Crippen LogP contribution in [0.1, 0.15) is 0 Å². The normalized spacial score (nSPS) is 11.3. The molecule has 1 aromatic heterocycles. The second-order valence-electron chi connectivity index (χ2n) is 5.20. The molecule has 0 radical (unpaired) electrons. The van der Waals surface area contributed by atoms with Gasteiger partial charge < -0.3 is 30.4 Å². The van der Waals surface area contributed by atoms with Crippen LogP contribution in [-0.2, 0) is 4.79 Å². The summed E-state index contributed by atoms with van der Waals surface area (Å²) in [5.74, 6) is 1.50. The summed E-state index contributed by atoms with van der Waals surface area (Å²) in [5, 5.41) is 16.7. The van der Waals surface area contributed by atoms with Gasteiger partial charge in [-0.05, 0) is 35.7 Å². The van der Waals surface area contributed by atoms with E-state index in [0.29, 0.717) is 31.2 Å². The zero-order valence-corrected chi connectivity index (χ0v) is 15.8. The van der Waals surface area contributed by atoms with Gasteiger partial charge >= 0.3 is 0 Å². The summed E-state index contributed by atoms with van der Waals surface area (Å²) in [6, 6.07) is 8.77. The maximum Gasteiger partial charge on any atom is 0.255 e. The van der Waals surface area contributed by atoms with Crippen LogP contribution in [0.25, 0.3) is 0 Å². The number of halogens is 1. The van der Waals surface area contributed by atoms with Crippen molar-refractivity contribution in [1.29, 1.82) is 0 Å². The van der Waals surface area contributed by atoms with Crippen molar-refractivity contribution in [2.45, 2.75) is 6.10 Å². The number of aliphatic hydroxyl groups excluding tert-OH is 1. The number of thiophene rings is 1. The van der Waals surface area contributed by atoms with Crippen LogP contribution in [0.15, 0.2) is 41.1 Å². The number of carbonyl (C=O) groups is 1. The fourth-order valence-electron chi connectivity index (χ4n) is 1.88. The van der Waals surface area contributed by atoms with Crippen molar-refractivity contribution >= 4 is 29.7 Å². The molecule has 0 aliphatic carbocycles. The van der Waals surface area contributed by atoms with Crippen molar-refractivity contribution in [3.8, 4) is 17.2 Å². The van der Waals surface area contributed by atoms with Crippen molar-refractivity contribution in [3.63, 3.8) is 0 Å². The van der Waals surface area contributed by atoms with Gasteiger partial charge in [0, 0.05) is 18.5 Å². The predicted octanol–water partition coefficient (Wildman–Crippen LogP) is 1.44. The Morgan fingerprint density at radius 2 is 1.81 bits per heavy atom. The standard InChI is InChI=1S/C17H22N2O5S.ClH/c18-17(21)11-24-15-3-1-14(2-4-15)22-7-6-19-9-13(20)10-23-16-5-8-25-12-16;/h1-5,8,12-13,19-20H,6-7,9-11H2,(H2,18,21);1H. The predicted molar refractivity (Wildman–Crippen MR) is 103 cm³/mol. The van der Waals surface area contributed by atoms with Crippen LogP contribution < -0.4 is 25.3 Å². The number of hydrogen-bond donors (Lipinski definition) is 3. The molecule has 1 heterocycles. The van der Waals surface area contributed by atoms with E-state index in [0.717, 1.165) is 5.75 Å². The van der Waals surface area contributed by atoms with Gasteiger partial charge in [0.05, 0.1) is 0 Å². The maximum atomic E-state index is 10.6. The van der Waals surface area contributed by atoms with Gasteiger partial charge in [-0.1, -0.05) is 0 Å². The van der Waals surface area contributed by atoms with E-state index in [9.17, 15) is 9.90 Å². The Labute approximate surface area is 162 Å². The average molecular weight is 403 g/mol. The molecule has 2 rings (SSSR count). The van der Waals surface area contributed by atoms with Crippen LogP contribution in [0.5, 0.6) is 17.2 Å². The summed E-state index contributed by atoms with van der Waals surface area (Å²) in [4.78, 5) is 10.6. The Balaban J connectivity index is 0.00000338. The monoisotopic (exact) mass is 402 g/mol. The molecule has 4 N–H and O–H groups in total. The quantitative estimate of drug-likeness (QED) is 0.464. The van der Waals surface area contributed by atoms with Crippen LogP contribution in [0.4, 0.5) is 0 Å². The molecular weight excluding hydrogens is 380 g/mol. The highest BCUT2D eigenvalue weighted by Gasteiger charge is 2.05. The van der Waals surface area contributed by atoms with Crippen LogP contribution in [0.2, 0.25) is 0 Å². The van der Waals surface area contributed by atoms with Crippen LogP contribution in [-0.4, -0.2) is 50.0 Å². The zero-order valence-electron chi connectivity index (χ0n) is 14.1. The number of benzene rings is 1. The van der Waals surface area contributed by atoms with Gasteiger partial charge in [0.2, 0.25) is 0 Å². The molecule has 0 saturated heterocycles. The van der Waals surface area contributed by atoms with Gasteiger partial charge in [-0.2, -0.15) is 0 Å². The number of carbonyl (C=O) groups excluding carboxylic acids is 1. The molecule has 0 aliphatic rings. The largest absolute Gasteiger partial charge is 0.492 e. The average Bonchev–Trinajstić information content (AvgIpc) is 3.12. The first-order valence-corrected chi connectivity index (χ1v) is 8.75. The fraction of sp³-hybridized carbons (Fsp3) is 0.353. The third-order valence-electron chi connectivity index (χ3n) is 3.07. The highest BCUT2D eigenvalue weighted by atomic mass is 35.5. The summed E-state index contributed by atoms with van der Waals surface area (Å²) in [5.41, 5.74) is 5.01. The van der Waals surface area contributed by atoms with Crippen molar-refractivity contribution < 1.29 is 24.1 Å².